The summed E-state index contributed by atoms with van der Waals surface area (Å²) in [5.41, 5.74) is 3.52. The topological polar surface area (TPSA) is 12.0 Å². The van der Waals surface area contributed by atoms with Gasteiger partial charge in [0.1, 0.15) is 0 Å². The lowest BCUT2D eigenvalue weighted by Crippen LogP contribution is -2.07. The SMILES string of the molecule is Ic1cccc2c1NCC21CC1. The minimum atomic E-state index is 0.552. The van der Waals surface area contributed by atoms with Crippen LogP contribution < -0.4 is 5.32 Å². The van der Waals surface area contributed by atoms with Gasteiger partial charge in [-0.25, -0.2) is 0 Å². The van der Waals surface area contributed by atoms with E-state index in [-0.39, 0.29) is 0 Å². The molecule has 0 amide bonds. The average Bonchev–Trinajstić information content (AvgIpc) is 2.73. The van der Waals surface area contributed by atoms with Crippen molar-refractivity contribution in [3.63, 3.8) is 0 Å². The zero-order valence-corrected chi connectivity index (χ0v) is 8.89. The molecule has 0 aromatic heterocycles. The quantitative estimate of drug-likeness (QED) is 0.715. The van der Waals surface area contributed by atoms with E-state index in [1.165, 1.54) is 28.6 Å². The minimum absolute atomic E-state index is 0.552. The number of rotatable bonds is 0. The molecular formula is C10H10IN. The van der Waals surface area contributed by atoms with Gasteiger partial charge >= 0.3 is 0 Å². The van der Waals surface area contributed by atoms with E-state index in [4.69, 9.17) is 0 Å². The Morgan fingerprint density at radius 2 is 2.17 bits per heavy atom. The maximum absolute atomic E-state index is 3.51. The highest BCUT2D eigenvalue weighted by atomic mass is 127. The smallest absolute Gasteiger partial charge is 0.0515 e. The molecule has 0 radical (unpaired) electrons. The average molecular weight is 271 g/mol. The van der Waals surface area contributed by atoms with Crippen LogP contribution in [0.15, 0.2) is 18.2 Å². The lowest BCUT2D eigenvalue weighted by atomic mass is 9.99. The number of nitrogens with one attached hydrogen (secondary N) is 1. The summed E-state index contributed by atoms with van der Waals surface area (Å²) in [6.45, 7) is 1.17. The number of benzene rings is 1. The van der Waals surface area contributed by atoms with E-state index < -0.39 is 0 Å². The molecule has 0 unspecified atom stereocenters. The predicted molar refractivity (Wildman–Crippen MR) is 58.6 cm³/mol. The third-order valence-electron chi connectivity index (χ3n) is 3.04. The molecule has 1 fully saturated rings. The molecule has 62 valence electrons. The van der Waals surface area contributed by atoms with Gasteiger partial charge in [-0.15, -0.1) is 0 Å². The summed E-state index contributed by atoms with van der Waals surface area (Å²) in [7, 11) is 0. The van der Waals surface area contributed by atoms with E-state index in [1.54, 1.807) is 5.56 Å². The molecule has 1 aliphatic carbocycles. The molecule has 1 spiro atoms. The molecule has 1 heterocycles. The maximum Gasteiger partial charge on any atom is 0.0515 e. The van der Waals surface area contributed by atoms with Crippen molar-refractivity contribution in [2.24, 2.45) is 0 Å². The summed E-state index contributed by atoms with van der Waals surface area (Å²) in [6, 6.07) is 6.63. The van der Waals surface area contributed by atoms with Crippen LogP contribution in [0.3, 0.4) is 0 Å². The van der Waals surface area contributed by atoms with Crippen LogP contribution in [0, 0.1) is 3.57 Å². The minimum Gasteiger partial charge on any atom is -0.383 e. The standard InChI is InChI=1S/C10H10IN/c11-8-3-1-2-7-9(8)12-6-10(7)4-5-10/h1-3,12H,4-6H2. The lowest BCUT2D eigenvalue weighted by molar-refractivity contribution is 0.778. The first-order valence-electron chi connectivity index (χ1n) is 4.35. The van der Waals surface area contributed by atoms with Crippen LogP contribution in [-0.2, 0) is 5.41 Å². The number of halogens is 1. The fourth-order valence-corrected chi connectivity index (χ4v) is 2.78. The van der Waals surface area contributed by atoms with Crippen molar-refractivity contribution in [2.75, 3.05) is 11.9 Å². The van der Waals surface area contributed by atoms with Gasteiger partial charge in [0.2, 0.25) is 0 Å². The molecule has 1 aromatic carbocycles. The maximum atomic E-state index is 3.51. The highest BCUT2D eigenvalue weighted by Gasteiger charge is 2.49. The molecule has 2 heteroatoms. The first-order chi connectivity index (χ1) is 5.82. The Morgan fingerprint density at radius 3 is 2.92 bits per heavy atom. The Balaban J connectivity index is 2.23. The first-order valence-corrected chi connectivity index (χ1v) is 5.43. The first kappa shape index (κ1) is 7.18. The monoisotopic (exact) mass is 271 g/mol. The highest BCUT2D eigenvalue weighted by Crippen LogP contribution is 2.54. The van der Waals surface area contributed by atoms with Crippen LogP contribution in [0.5, 0.6) is 0 Å². The van der Waals surface area contributed by atoms with Crippen molar-refractivity contribution in [1.29, 1.82) is 0 Å². The van der Waals surface area contributed by atoms with Crippen LogP contribution >= 0.6 is 22.6 Å². The summed E-state index contributed by atoms with van der Waals surface area (Å²) >= 11 is 2.41. The summed E-state index contributed by atoms with van der Waals surface area (Å²) in [5.74, 6) is 0. The molecule has 1 N–H and O–H groups in total. The van der Waals surface area contributed by atoms with Gasteiger partial charge in [-0.1, -0.05) is 12.1 Å². The molecule has 1 saturated carbocycles. The van der Waals surface area contributed by atoms with Crippen LogP contribution in [-0.4, -0.2) is 6.54 Å². The second-order valence-corrected chi connectivity index (χ2v) is 4.96. The van der Waals surface area contributed by atoms with Gasteiger partial charge in [-0.2, -0.15) is 0 Å². The van der Waals surface area contributed by atoms with E-state index in [0.29, 0.717) is 5.41 Å². The summed E-state index contributed by atoms with van der Waals surface area (Å²) in [4.78, 5) is 0. The fourth-order valence-electron chi connectivity index (χ4n) is 2.10. The Morgan fingerprint density at radius 1 is 1.33 bits per heavy atom. The third-order valence-corrected chi connectivity index (χ3v) is 3.94. The predicted octanol–water partition coefficient (Wildman–Crippen LogP) is 2.75. The molecule has 0 atom stereocenters. The van der Waals surface area contributed by atoms with Crippen LogP contribution in [0.25, 0.3) is 0 Å². The van der Waals surface area contributed by atoms with Gasteiger partial charge in [-0.3, -0.25) is 0 Å². The van der Waals surface area contributed by atoms with E-state index in [0.717, 1.165) is 0 Å². The molecular weight excluding hydrogens is 261 g/mol. The summed E-state index contributed by atoms with van der Waals surface area (Å²) < 4.78 is 1.37. The van der Waals surface area contributed by atoms with Crippen molar-refractivity contribution in [2.45, 2.75) is 18.3 Å². The Kier molecular flexibility index (Phi) is 1.29. The summed E-state index contributed by atoms with van der Waals surface area (Å²) in [6.07, 6.45) is 2.76. The van der Waals surface area contributed by atoms with Crippen LogP contribution in [0.4, 0.5) is 5.69 Å². The number of hydrogen-bond donors (Lipinski definition) is 1. The van der Waals surface area contributed by atoms with Gasteiger partial charge < -0.3 is 5.32 Å². The summed E-state index contributed by atoms with van der Waals surface area (Å²) in [5, 5.41) is 3.51. The molecule has 0 saturated heterocycles. The zero-order chi connectivity index (χ0) is 8.18. The Bertz CT molecular complexity index is 342. The number of hydrogen-bond acceptors (Lipinski definition) is 1. The van der Waals surface area contributed by atoms with E-state index in [1.807, 2.05) is 0 Å². The van der Waals surface area contributed by atoms with E-state index in [9.17, 15) is 0 Å². The fraction of sp³-hybridized carbons (Fsp3) is 0.400. The van der Waals surface area contributed by atoms with Crippen molar-refractivity contribution in [3.05, 3.63) is 27.3 Å². The van der Waals surface area contributed by atoms with Crippen LogP contribution in [0.1, 0.15) is 18.4 Å². The largest absolute Gasteiger partial charge is 0.383 e. The van der Waals surface area contributed by atoms with Gasteiger partial charge in [0, 0.05) is 15.5 Å². The van der Waals surface area contributed by atoms with Gasteiger partial charge in [0.05, 0.1) is 5.69 Å². The molecule has 1 aromatic rings. The van der Waals surface area contributed by atoms with Crippen molar-refractivity contribution in [3.8, 4) is 0 Å². The highest BCUT2D eigenvalue weighted by molar-refractivity contribution is 14.1. The third kappa shape index (κ3) is 0.789. The number of fused-ring (bicyclic) bond motifs is 2. The van der Waals surface area contributed by atoms with Gasteiger partial charge in [-0.05, 0) is 47.1 Å². The van der Waals surface area contributed by atoms with Crippen LogP contribution in [0.2, 0.25) is 0 Å². The molecule has 0 bridgehead atoms. The molecule has 1 aliphatic heterocycles. The Hall–Kier alpha value is -0.250. The second kappa shape index (κ2) is 2.16. The Labute approximate surface area is 85.7 Å². The van der Waals surface area contributed by atoms with Crippen molar-refractivity contribution >= 4 is 28.3 Å². The second-order valence-electron chi connectivity index (χ2n) is 3.80. The zero-order valence-electron chi connectivity index (χ0n) is 6.73. The number of para-hydroxylation sites is 1. The van der Waals surface area contributed by atoms with Gasteiger partial charge in [0.25, 0.3) is 0 Å². The van der Waals surface area contributed by atoms with E-state index in [2.05, 4.69) is 46.1 Å². The molecule has 2 aliphatic rings. The van der Waals surface area contributed by atoms with Crippen molar-refractivity contribution < 1.29 is 0 Å². The lowest BCUT2D eigenvalue weighted by Gasteiger charge is -2.05. The normalized spacial score (nSPS) is 22.1. The van der Waals surface area contributed by atoms with Gasteiger partial charge in [0.15, 0.2) is 0 Å². The molecule has 1 nitrogen and oxygen atoms in total. The molecule has 3 rings (SSSR count). The van der Waals surface area contributed by atoms with E-state index >= 15 is 0 Å². The molecule has 12 heavy (non-hydrogen) atoms. The number of anilines is 1. The van der Waals surface area contributed by atoms with Crippen molar-refractivity contribution in [1.82, 2.24) is 0 Å².